The summed E-state index contributed by atoms with van der Waals surface area (Å²) in [5, 5.41) is 0. The summed E-state index contributed by atoms with van der Waals surface area (Å²) in [6.45, 7) is -0.163. The van der Waals surface area contributed by atoms with Gasteiger partial charge in [-0.05, 0) is 61.0 Å². The maximum absolute atomic E-state index is 15.0. The molecule has 3 heterocycles. The summed E-state index contributed by atoms with van der Waals surface area (Å²) in [6.07, 6.45) is 5.09. The highest BCUT2D eigenvalue weighted by Gasteiger charge is 2.56. The summed E-state index contributed by atoms with van der Waals surface area (Å²) in [5.41, 5.74) is 9.67. The summed E-state index contributed by atoms with van der Waals surface area (Å²) in [5.74, 6) is -0.138. The molecule has 4 rings (SSSR count). The van der Waals surface area contributed by atoms with Crippen molar-refractivity contribution in [1.82, 2.24) is 4.48 Å². The quantitative estimate of drug-likeness (QED) is 0.637. The van der Waals surface area contributed by atoms with Gasteiger partial charge in [0.05, 0.1) is 5.92 Å². The number of nitrogens with two attached hydrogens (primary N) is 1. The third-order valence-corrected chi connectivity index (χ3v) is 4.98. The minimum absolute atomic E-state index is 0.138. The van der Waals surface area contributed by atoms with E-state index in [4.69, 9.17) is 5.73 Å². The normalized spacial score (nSPS) is 24.3. The van der Waals surface area contributed by atoms with Crippen LogP contribution in [0.4, 0.5) is 14.3 Å². The van der Waals surface area contributed by atoms with Crippen molar-refractivity contribution in [3.63, 3.8) is 0 Å². The fourth-order valence-corrected chi connectivity index (χ4v) is 4.05. The lowest BCUT2D eigenvalue weighted by Crippen LogP contribution is -2.57. The minimum Gasteiger partial charge on any atom is -0.399 e. The summed E-state index contributed by atoms with van der Waals surface area (Å²) in [4.78, 5) is 0. The number of rotatable bonds is 1. The Bertz CT molecular complexity index is 849. The molecule has 1 aromatic heterocycles. The van der Waals surface area contributed by atoms with E-state index in [1.165, 1.54) is 15.2 Å². The molecule has 6 heteroatoms. The number of hydrogen-bond acceptors (Lipinski definition) is 1. The zero-order valence-corrected chi connectivity index (χ0v) is 13.1. The van der Waals surface area contributed by atoms with Gasteiger partial charge in [0.25, 0.3) is 0 Å². The van der Waals surface area contributed by atoms with E-state index in [-0.39, 0.29) is 12.0 Å². The molecule has 0 radical (unpaired) electrons. The Balaban J connectivity index is 2.00. The molecule has 2 aromatic rings. The Morgan fingerprint density at radius 3 is 2.57 bits per heavy atom. The van der Waals surface area contributed by atoms with Crippen molar-refractivity contribution < 1.29 is 13.1 Å². The van der Waals surface area contributed by atoms with Crippen molar-refractivity contribution in [3.05, 3.63) is 65.0 Å². The van der Waals surface area contributed by atoms with Crippen molar-refractivity contribution in [2.45, 2.75) is 25.8 Å². The number of aromatic nitrogens is 1. The highest BCUT2D eigenvalue weighted by atomic mass is 19.2. The van der Waals surface area contributed by atoms with Crippen LogP contribution in [0.3, 0.4) is 0 Å². The molecule has 0 saturated heterocycles. The zero-order chi connectivity index (χ0) is 16.4. The molecule has 2 aliphatic rings. The molecule has 2 aliphatic heterocycles. The van der Waals surface area contributed by atoms with Gasteiger partial charge >= 0.3 is 6.97 Å². The summed E-state index contributed by atoms with van der Waals surface area (Å²) in [7, 11) is 0. The number of anilines is 1. The predicted octanol–water partition coefficient (Wildman–Crippen LogP) is 3.08. The molecule has 0 amide bonds. The third-order valence-electron chi connectivity index (χ3n) is 4.98. The van der Waals surface area contributed by atoms with Crippen LogP contribution in [0.2, 0.25) is 0 Å². The summed E-state index contributed by atoms with van der Waals surface area (Å²) in [6, 6.07) is 9.01. The van der Waals surface area contributed by atoms with Gasteiger partial charge in [0.2, 0.25) is 0 Å². The maximum atomic E-state index is 15.0. The molecule has 118 valence electrons. The molecule has 23 heavy (non-hydrogen) atoms. The van der Waals surface area contributed by atoms with Gasteiger partial charge in [-0.3, -0.25) is 0 Å². The van der Waals surface area contributed by atoms with Crippen LogP contribution in [0.25, 0.3) is 0 Å². The SMILES string of the molecule is Cc1cc(C)n2c1C(c1ccc(N)cc1)C1C=CC=[N+]1[B-]2(F)F. The first-order valence-corrected chi connectivity index (χ1v) is 7.76. The Kier molecular flexibility index (Phi) is 2.83. The van der Waals surface area contributed by atoms with E-state index in [1.54, 1.807) is 13.0 Å². The molecular weight excluding hydrogens is 295 g/mol. The fraction of sp³-hybridized carbons (Fsp3) is 0.235. The van der Waals surface area contributed by atoms with E-state index < -0.39 is 6.97 Å². The van der Waals surface area contributed by atoms with E-state index >= 15 is 8.63 Å². The molecule has 0 fully saturated rings. The third kappa shape index (κ3) is 1.84. The fourth-order valence-electron chi connectivity index (χ4n) is 4.05. The van der Waals surface area contributed by atoms with E-state index in [1.807, 2.05) is 43.3 Å². The van der Waals surface area contributed by atoms with Crippen molar-refractivity contribution >= 4 is 18.9 Å². The van der Waals surface area contributed by atoms with Crippen molar-refractivity contribution in [3.8, 4) is 0 Å². The average molecular weight is 313 g/mol. The first-order valence-electron chi connectivity index (χ1n) is 7.76. The summed E-state index contributed by atoms with van der Waals surface area (Å²) >= 11 is 0. The topological polar surface area (TPSA) is 34.0 Å². The van der Waals surface area contributed by atoms with Crippen LogP contribution in [-0.2, 0) is 0 Å². The van der Waals surface area contributed by atoms with Gasteiger partial charge in [0.15, 0.2) is 0 Å². The van der Waals surface area contributed by atoms with Crippen molar-refractivity contribution in [2.24, 2.45) is 0 Å². The molecule has 0 saturated carbocycles. The number of halogens is 2. The summed E-state index contributed by atoms with van der Waals surface area (Å²) < 4.78 is 32.5. The van der Waals surface area contributed by atoms with E-state index in [2.05, 4.69) is 0 Å². The van der Waals surface area contributed by atoms with Crippen molar-refractivity contribution in [2.75, 3.05) is 5.73 Å². The number of fused-ring (bicyclic) bond motifs is 2. The van der Waals surface area contributed by atoms with E-state index in [0.717, 1.165) is 11.1 Å². The number of benzene rings is 1. The smallest absolute Gasteiger partial charge is 0.399 e. The second kappa shape index (κ2) is 4.57. The number of nitrogens with zero attached hydrogens (tertiary/aromatic N) is 2. The molecule has 2 N–H and O–H groups in total. The molecular formula is C17H18BF2N3. The monoisotopic (exact) mass is 313 g/mol. The van der Waals surface area contributed by atoms with Crippen LogP contribution in [0.5, 0.6) is 0 Å². The van der Waals surface area contributed by atoms with E-state index in [0.29, 0.717) is 17.1 Å². The number of nitrogen functional groups attached to an aromatic ring is 1. The Morgan fingerprint density at radius 2 is 1.87 bits per heavy atom. The van der Waals surface area contributed by atoms with Crippen LogP contribution in [0, 0.1) is 13.8 Å². The second-order valence-electron chi connectivity index (χ2n) is 6.43. The average Bonchev–Trinajstić information content (AvgIpc) is 3.08. The minimum atomic E-state index is -3.82. The van der Waals surface area contributed by atoms with Gasteiger partial charge in [0, 0.05) is 11.4 Å². The first-order chi connectivity index (χ1) is 10.9. The van der Waals surface area contributed by atoms with Gasteiger partial charge in [-0.1, -0.05) is 12.1 Å². The van der Waals surface area contributed by atoms with Crippen molar-refractivity contribution in [1.29, 1.82) is 0 Å². The lowest BCUT2D eigenvalue weighted by atomic mass is 9.77. The number of aryl methyl sites for hydroxylation is 2. The van der Waals surface area contributed by atoms with Gasteiger partial charge in [-0.15, -0.1) is 0 Å². The van der Waals surface area contributed by atoms with Gasteiger partial charge < -0.3 is 23.3 Å². The van der Waals surface area contributed by atoms with Gasteiger partial charge in [-0.25, -0.2) is 0 Å². The van der Waals surface area contributed by atoms with E-state index in [9.17, 15) is 0 Å². The first kappa shape index (κ1) is 14.2. The van der Waals surface area contributed by atoms with Crippen LogP contribution in [0.1, 0.15) is 28.4 Å². The molecule has 0 spiro atoms. The maximum Gasteiger partial charge on any atom is 0.731 e. The Labute approximate surface area is 133 Å². The van der Waals surface area contributed by atoms with Gasteiger partial charge in [-0.2, -0.15) is 0 Å². The standard InChI is InChI=1S/C17H18BF2N3/c1-11-10-12(2)23-17(11)16(13-5-7-14(21)8-6-13)15-4-3-9-22(15)18(23,19)20/h3-10,15-16H,21H2,1-2H3. The van der Waals surface area contributed by atoms with Crippen LogP contribution in [0.15, 0.2) is 42.5 Å². The Morgan fingerprint density at radius 1 is 1.17 bits per heavy atom. The highest BCUT2D eigenvalue weighted by molar-refractivity contribution is 6.57. The molecule has 1 aromatic carbocycles. The van der Waals surface area contributed by atoms with Crippen LogP contribution >= 0.6 is 0 Å². The van der Waals surface area contributed by atoms with Crippen LogP contribution in [-0.4, -0.2) is 28.2 Å². The molecule has 2 unspecified atom stereocenters. The number of hydrogen-bond donors (Lipinski definition) is 1. The highest BCUT2D eigenvalue weighted by Crippen LogP contribution is 2.42. The molecule has 3 nitrogen and oxygen atoms in total. The lowest BCUT2D eigenvalue weighted by Gasteiger charge is -2.40. The molecule has 0 aliphatic carbocycles. The zero-order valence-electron chi connectivity index (χ0n) is 13.1. The lowest BCUT2D eigenvalue weighted by molar-refractivity contribution is -0.455. The van der Waals surface area contributed by atoms with Gasteiger partial charge in [0.1, 0.15) is 12.3 Å². The molecule has 0 bridgehead atoms. The Hall–Kier alpha value is -2.37. The van der Waals surface area contributed by atoms with Crippen LogP contribution < -0.4 is 5.73 Å². The number of allylic oxidation sites excluding steroid dienone is 1. The predicted molar refractivity (Wildman–Crippen MR) is 89.2 cm³/mol. The second-order valence-corrected chi connectivity index (χ2v) is 6.43. The largest absolute Gasteiger partial charge is 0.731 e. The molecule has 2 atom stereocenters.